The van der Waals surface area contributed by atoms with Crippen LogP contribution in [0.2, 0.25) is 0 Å². The highest BCUT2D eigenvalue weighted by atomic mass is 32.2. The summed E-state index contributed by atoms with van der Waals surface area (Å²) < 4.78 is 27.0. The molecule has 0 unspecified atom stereocenters. The summed E-state index contributed by atoms with van der Waals surface area (Å²) in [5.41, 5.74) is 3.29. The van der Waals surface area contributed by atoms with Gasteiger partial charge in [0.1, 0.15) is 6.54 Å². The maximum absolute atomic E-state index is 13.0. The Hall–Kier alpha value is -2.38. The fourth-order valence-electron chi connectivity index (χ4n) is 2.25. The fourth-order valence-corrected chi connectivity index (χ4v) is 3.73. The van der Waals surface area contributed by atoms with Crippen LogP contribution in [0.4, 0.5) is 5.69 Å². The normalized spacial score (nSPS) is 11.0. The van der Waals surface area contributed by atoms with E-state index in [2.05, 4.69) is 0 Å². The van der Waals surface area contributed by atoms with Crippen LogP contribution in [0.3, 0.4) is 0 Å². The van der Waals surface area contributed by atoms with Crippen LogP contribution >= 0.6 is 0 Å². The summed E-state index contributed by atoms with van der Waals surface area (Å²) in [6, 6.07) is 15.1. The lowest BCUT2D eigenvalue weighted by Gasteiger charge is -2.25. The molecule has 1 amide bonds. The quantitative estimate of drug-likeness (QED) is 0.475. The first-order valence-corrected chi connectivity index (χ1v) is 8.59. The number of benzene rings is 2. The third kappa shape index (κ3) is 3.69. The second-order valence-corrected chi connectivity index (χ2v) is 6.74. The lowest BCUT2D eigenvalue weighted by molar-refractivity contribution is -0.119. The summed E-state index contributed by atoms with van der Waals surface area (Å²) in [4.78, 5) is 11.9. The number of hydrogen-bond acceptors (Lipinski definition) is 4. The van der Waals surface area contributed by atoms with Crippen molar-refractivity contribution in [2.75, 3.05) is 10.8 Å². The van der Waals surface area contributed by atoms with Crippen molar-refractivity contribution in [2.45, 2.75) is 18.2 Å². The molecule has 0 spiro atoms. The molecule has 0 aliphatic heterocycles. The van der Waals surface area contributed by atoms with Crippen LogP contribution in [0.25, 0.3) is 0 Å². The minimum Gasteiger partial charge on any atom is -0.293 e. The Morgan fingerprint density at radius 1 is 1.09 bits per heavy atom. The van der Waals surface area contributed by atoms with Crippen LogP contribution in [0, 0.1) is 0 Å². The molecule has 2 aromatic rings. The number of rotatable bonds is 6. The van der Waals surface area contributed by atoms with Gasteiger partial charge in [-0.2, -0.15) is 0 Å². The number of nitrogens with zero attached hydrogens (tertiary/aromatic N) is 1. The standard InChI is InChI=1S/C16H19N3O3S/c1-2-13-8-6-7-11-15(13)19(12-16(20)18-17)23(21,22)14-9-4-3-5-10-14/h3-11H,2,12,17H2,1H3,(H,18,20). The van der Waals surface area contributed by atoms with Crippen molar-refractivity contribution in [1.29, 1.82) is 0 Å². The van der Waals surface area contributed by atoms with Gasteiger partial charge in [0.25, 0.3) is 15.9 Å². The Balaban J connectivity index is 2.57. The second-order valence-electron chi connectivity index (χ2n) is 4.87. The maximum atomic E-state index is 13.0. The minimum atomic E-state index is -3.87. The number of nitrogens with one attached hydrogen (secondary N) is 1. The molecular weight excluding hydrogens is 314 g/mol. The predicted octanol–water partition coefficient (Wildman–Crippen LogP) is 1.43. The predicted molar refractivity (Wildman–Crippen MR) is 89.1 cm³/mol. The van der Waals surface area contributed by atoms with Crippen molar-refractivity contribution in [2.24, 2.45) is 5.84 Å². The van der Waals surface area contributed by atoms with Gasteiger partial charge in [0, 0.05) is 0 Å². The van der Waals surface area contributed by atoms with E-state index in [1.165, 1.54) is 12.1 Å². The molecule has 0 aromatic heterocycles. The Bertz CT molecular complexity index is 776. The molecule has 7 heteroatoms. The van der Waals surface area contributed by atoms with Crippen molar-refractivity contribution in [3.8, 4) is 0 Å². The minimum absolute atomic E-state index is 0.121. The van der Waals surface area contributed by atoms with E-state index in [-0.39, 0.29) is 11.4 Å². The average Bonchev–Trinajstić information content (AvgIpc) is 2.60. The van der Waals surface area contributed by atoms with Crippen molar-refractivity contribution in [1.82, 2.24) is 5.43 Å². The highest BCUT2D eigenvalue weighted by Crippen LogP contribution is 2.27. The van der Waals surface area contributed by atoms with Gasteiger partial charge in [-0.1, -0.05) is 43.3 Å². The van der Waals surface area contributed by atoms with E-state index in [1.807, 2.05) is 24.5 Å². The van der Waals surface area contributed by atoms with Crippen LogP contribution in [0.1, 0.15) is 12.5 Å². The Kier molecular flexibility index (Phi) is 5.36. The number of hydrazine groups is 1. The summed E-state index contributed by atoms with van der Waals surface area (Å²) >= 11 is 0. The third-order valence-electron chi connectivity index (χ3n) is 3.42. The number of carbonyl (C=O) groups excluding carboxylic acids is 1. The van der Waals surface area contributed by atoms with E-state index in [1.54, 1.807) is 30.3 Å². The molecule has 6 nitrogen and oxygen atoms in total. The van der Waals surface area contributed by atoms with Gasteiger partial charge in [0.05, 0.1) is 10.6 Å². The zero-order valence-electron chi connectivity index (χ0n) is 12.8. The largest absolute Gasteiger partial charge is 0.293 e. The SMILES string of the molecule is CCc1ccccc1N(CC(=O)NN)S(=O)(=O)c1ccccc1. The number of hydrogen-bond donors (Lipinski definition) is 2. The molecule has 0 fully saturated rings. The van der Waals surface area contributed by atoms with E-state index in [0.29, 0.717) is 12.1 Å². The van der Waals surface area contributed by atoms with Crippen molar-refractivity contribution < 1.29 is 13.2 Å². The molecule has 0 bridgehead atoms. The molecule has 23 heavy (non-hydrogen) atoms. The smallest absolute Gasteiger partial charge is 0.264 e. The van der Waals surface area contributed by atoms with E-state index in [0.717, 1.165) is 9.87 Å². The topological polar surface area (TPSA) is 92.5 Å². The number of anilines is 1. The molecule has 3 N–H and O–H groups in total. The molecule has 2 aromatic carbocycles. The molecule has 0 heterocycles. The lowest BCUT2D eigenvalue weighted by Crippen LogP contribution is -2.43. The molecule has 0 aliphatic rings. The molecule has 0 aliphatic carbocycles. The van der Waals surface area contributed by atoms with Crippen LogP contribution < -0.4 is 15.6 Å². The van der Waals surface area contributed by atoms with Gasteiger partial charge in [-0.05, 0) is 30.2 Å². The molecule has 2 rings (SSSR count). The van der Waals surface area contributed by atoms with Gasteiger partial charge in [0.15, 0.2) is 0 Å². The fraction of sp³-hybridized carbons (Fsp3) is 0.188. The van der Waals surface area contributed by atoms with Crippen LogP contribution in [0.15, 0.2) is 59.5 Å². The maximum Gasteiger partial charge on any atom is 0.264 e. The number of carbonyl (C=O) groups is 1. The monoisotopic (exact) mass is 333 g/mol. The highest BCUT2D eigenvalue weighted by molar-refractivity contribution is 7.92. The summed E-state index contributed by atoms with van der Waals surface area (Å²) in [6.07, 6.45) is 0.640. The van der Waals surface area contributed by atoms with Crippen molar-refractivity contribution in [3.63, 3.8) is 0 Å². The molecule has 0 saturated carbocycles. The summed E-state index contributed by atoms with van der Waals surface area (Å²) in [5, 5.41) is 0. The van der Waals surface area contributed by atoms with E-state index in [4.69, 9.17) is 5.84 Å². The van der Waals surface area contributed by atoms with Gasteiger partial charge >= 0.3 is 0 Å². The average molecular weight is 333 g/mol. The first kappa shape index (κ1) is 17.0. The number of amides is 1. The summed E-state index contributed by atoms with van der Waals surface area (Å²) in [7, 11) is -3.87. The van der Waals surface area contributed by atoms with Gasteiger partial charge in [-0.3, -0.25) is 14.5 Å². The van der Waals surface area contributed by atoms with Crippen LogP contribution in [0.5, 0.6) is 0 Å². The molecule has 122 valence electrons. The molecular formula is C16H19N3O3S. The summed E-state index contributed by atoms with van der Waals surface area (Å²) in [5.74, 6) is 4.54. The van der Waals surface area contributed by atoms with Crippen LogP contribution in [-0.2, 0) is 21.2 Å². The van der Waals surface area contributed by atoms with Gasteiger partial charge in [0.2, 0.25) is 0 Å². The van der Waals surface area contributed by atoms with E-state index >= 15 is 0 Å². The second kappa shape index (κ2) is 7.26. The zero-order valence-corrected chi connectivity index (χ0v) is 13.6. The number of aryl methyl sites for hydroxylation is 1. The lowest BCUT2D eigenvalue weighted by atomic mass is 10.1. The first-order valence-electron chi connectivity index (χ1n) is 7.15. The Morgan fingerprint density at radius 3 is 2.30 bits per heavy atom. The molecule has 0 radical (unpaired) electrons. The van der Waals surface area contributed by atoms with E-state index < -0.39 is 15.9 Å². The Labute approximate surface area is 135 Å². The van der Waals surface area contributed by atoms with Crippen molar-refractivity contribution >= 4 is 21.6 Å². The number of para-hydroxylation sites is 1. The van der Waals surface area contributed by atoms with E-state index in [9.17, 15) is 13.2 Å². The van der Waals surface area contributed by atoms with Gasteiger partial charge in [-0.15, -0.1) is 0 Å². The summed E-state index contributed by atoms with van der Waals surface area (Å²) in [6.45, 7) is 1.54. The van der Waals surface area contributed by atoms with Crippen LogP contribution in [-0.4, -0.2) is 20.9 Å². The van der Waals surface area contributed by atoms with Gasteiger partial charge in [-0.25, -0.2) is 14.3 Å². The number of nitrogens with two attached hydrogens (primary N) is 1. The molecule has 0 atom stereocenters. The Morgan fingerprint density at radius 2 is 1.70 bits per heavy atom. The molecule has 0 saturated heterocycles. The van der Waals surface area contributed by atoms with Crippen molar-refractivity contribution in [3.05, 3.63) is 60.2 Å². The number of sulfonamides is 1. The third-order valence-corrected chi connectivity index (χ3v) is 5.19. The zero-order chi connectivity index (χ0) is 16.9. The highest BCUT2D eigenvalue weighted by Gasteiger charge is 2.28. The van der Waals surface area contributed by atoms with Gasteiger partial charge < -0.3 is 0 Å². The first-order chi connectivity index (χ1) is 11.0.